The van der Waals surface area contributed by atoms with E-state index in [4.69, 9.17) is 0 Å². The van der Waals surface area contributed by atoms with Crippen molar-refractivity contribution in [1.82, 2.24) is 10.4 Å². The first-order valence-electron chi connectivity index (χ1n) is 7.59. The van der Waals surface area contributed by atoms with Crippen LogP contribution in [-0.2, 0) is 0 Å². The lowest BCUT2D eigenvalue weighted by Gasteiger charge is -2.35. The number of nitrogens with zero attached hydrogens (tertiary/aromatic N) is 1. The summed E-state index contributed by atoms with van der Waals surface area (Å²) >= 11 is 0. The van der Waals surface area contributed by atoms with Crippen LogP contribution in [-0.4, -0.2) is 28.6 Å². The van der Waals surface area contributed by atoms with Crippen LogP contribution in [0.1, 0.15) is 51.8 Å². The van der Waals surface area contributed by atoms with Gasteiger partial charge in [0.2, 0.25) is 0 Å². The summed E-state index contributed by atoms with van der Waals surface area (Å²) in [5.74, 6) is -0.749. The van der Waals surface area contributed by atoms with E-state index in [-0.39, 0.29) is 11.8 Å². The molecule has 0 heterocycles. The van der Waals surface area contributed by atoms with Crippen LogP contribution < -0.4 is 5.43 Å². The van der Waals surface area contributed by atoms with E-state index in [1.807, 2.05) is 26.8 Å². The third-order valence-electron chi connectivity index (χ3n) is 3.39. The zero-order valence-corrected chi connectivity index (χ0v) is 13.9. The van der Waals surface area contributed by atoms with Gasteiger partial charge in [-0.3, -0.25) is 19.8 Å². The van der Waals surface area contributed by atoms with Crippen LogP contribution >= 0.6 is 0 Å². The molecule has 0 aromatic heterocycles. The highest BCUT2D eigenvalue weighted by Crippen LogP contribution is 2.16. The maximum absolute atomic E-state index is 12.8. The summed E-state index contributed by atoms with van der Waals surface area (Å²) in [5, 5.41) is 1.28. The quantitative estimate of drug-likeness (QED) is 0.697. The fourth-order valence-electron chi connectivity index (χ4n) is 2.15. The number of carbonyl (C=O) groups excluding carboxylic acids is 3. The van der Waals surface area contributed by atoms with Crippen molar-refractivity contribution in [2.75, 3.05) is 0 Å². The second kappa shape index (κ2) is 7.08. The van der Waals surface area contributed by atoms with Gasteiger partial charge in [0, 0.05) is 16.7 Å². The highest BCUT2D eigenvalue weighted by molar-refractivity contribution is 6.00. The zero-order valence-electron chi connectivity index (χ0n) is 13.9. The minimum atomic E-state index is -0.640. The van der Waals surface area contributed by atoms with E-state index in [1.165, 1.54) is 11.1 Å². The Hall–Kier alpha value is -2.95. The van der Waals surface area contributed by atoms with Gasteiger partial charge < -0.3 is 0 Å². The van der Waals surface area contributed by atoms with Gasteiger partial charge in [-0.1, -0.05) is 30.3 Å². The van der Waals surface area contributed by atoms with Crippen molar-refractivity contribution in [1.29, 1.82) is 0 Å². The fourth-order valence-corrected chi connectivity index (χ4v) is 2.15. The van der Waals surface area contributed by atoms with Crippen molar-refractivity contribution in [3.63, 3.8) is 0 Å². The van der Waals surface area contributed by atoms with Gasteiger partial charge in [0.15, 0.2) is 0 Å². The molecule has 0 aliphatic heterocycles. The van der Waals surface area contributed by atoms with Crippen molar-refractivity contribution in [2.45, 2.75) is 26.3 Å². The minimum Gasteiger partial charge on any atom is -0.298 e. The lowest BCUT2D eigenvalue weighted by atomic mass is 10.1. The van der Waals surface area contributed by atoms with Gasteiger partial charge in [0.05, 0.1) is 5.54 Å². The van der Waals surface area contributed by atoms with Crippen molar-refractivity contribution in [3.05, 3.63) is 71.3 Å². The number of aldehydes is 1. The summed E-state index contributed by atoms with van der Waals surface area (Å²) in [7, 11) is 0. The Bertz CT molecular complexity index is 749. The molecule has 5 heteroatoms. The summed E-state index contributed by atoms with van der Waals surface area (Å²) in [5.41, 5.74) is 3.23. The van der Waals surface area contributed by atoms with E-state index in [0.29, 0.717) is 23.0 Å². The van der Waals surface area contributed by atoms with Gasteiger partial charge in [-0.15, -0.1) is 0 Å². The van der Waals surface area contributed by atoms with E-state index in [1.54, 1.807) is 42.5 Å². The van der Waals surface area contributed by atoms with Crippen molar-refractivity contribution >= 4 is 18.1 Å². The summed E-state index contributed by atoms with van der Waals surface area (Å²) in [4.78, 5) is 36.1. The van der Waals surface area contributed by atoms with Gasteiger partial charge in [0.25, 0.3) is 11.8 Å². The predicted molar refractivity (Wildman–Crippen MR) is 91.7 cm³/mol. The molecule has 5 nitrogen and oxygen atoms in total. The Labute approximate surface area is 141 Å². The molecule has 0 aliphatic rings. The number of nitrogens with one attached hydrogen (secondary N) is 1. The molecule has 0 unspecified atom stereocenters. The van der Waals surface area contributed by atoms with Crippen LogP contribution in [0.15, 0.2) is 54.6 Å². The lowest BCUT2D eigenvalue weighted by Crippen LogP contribution is -2.55. The Morgan fingerprint density at radius 3 is 2.17 bits per heavy atom. The molecule has 0 saturated heterocycles. The van der Waals surface area contributed by atoms with E-state index in [0.717, 1.165) is 0 Å². The SMILES string of the molecule is CC(C)(C)N(NC(=O)c1ccccc1)C(=O)c1cccc(C=O)c1. The summed E-state index contributed by atoms with van der Waals surface area (Å²) in [6, 6.07) is 15.0. The first-order chi connectivity index (χ1) is 11.3. The molecule has 24 heavy (non-hydrogen) atoms. The number of carbonyl (C=O) groups is 3. The molecule has 2 aromatic carbocycles. The van der Waals surface area contributed by atoms with Crippen LogP contribution in [0.5, 0.6) is 0 Å². The third-order valence-corrected chi connectivity index (χ3v) is 3.39. The molecule has 1 N–H and O–H groups in total. The first-order valence-corrected chi connectivity index (χ1v) is 7.59. The second-order valence-electron chi connectivity index (χ2n) is 6.36. The number of rotatable bonds is 3. The largest absolute Gasteiger partial charge is 0.298 e. The highest BCUT2D eigenvalue weighted by atomic mass is 16.2. The standard InChI is InChI=1S/C19H20N2O3/c1-19(2,3)21(20-17(23)15-9-5-4-6-10-15)18(24)16-11-7-8-14(12-16)13-22/h4-13H,1-3H3,(H,20,23). The number of hydrazine groups is 1. The Morgan fingerprint density at radius 1 is 0.958 bits per heavy atom. The normalized spacial score (nSPS) is 10.8. The van der Waals surface area contributed by atoms with Crippen molar-refractivity contribution in [2.24, 2.45) is 0 Å². The van der Waals surface area contributed by atoms with E-state index >= 15 is 0 Å². The Morgan fingerprint density at radius 2 is 1.58 bits per heavy atom. The predicted octanol–water partition coefficient (Wildman–Crippen LogP) is 3.08. The lowest BCUT2D eigenvalue weighted by molar-refractivity contribution is 0.0358. The molecule has 124 valence electrons. The highest BCUT2D eigenvalue weighted by Gasteiger charge is 2.29. The molecule has 0 radical (unpaired) electrons. The van der Waals surface area contributed by atoms with Gasteiger partial charge in [-0.25, -0.2) is 5.01 Å². The van der Waals surface area contributed by atoms with Crippen LogP contribution in [0.25, 0.3) is 0 Å². The maximum atomic E-state index is 12.8. The zero-order chi connectivity index (χ0) is 17.7. The number of hydrogen-bond donors (Lipinski definition) is 1. The average Bonchev–Trinajstić information content (AvgIpc) is 2.58. The van der Waals surface area contributed by atoms with Gasteiger partial charge in [0.1, 0.15) is 6.29 Å². The Balaban J connectivity index is 2.30. The number of benzene rings is 2. The van der Waals surface area contributed by atoms with Crippen molar-refractivity contribution in [3.8, 4) is 0 Å². The molecule has 2 rings (SSSR count). The number of amides is 2. The van der Waals surface area contributed by atoms with E-state index in [9.17, 15) is 14.4 Å². The monoisotopic (exact) mass is 324 g/mol. The molecule has 2 amide bonds. The minimum absolute atomic E-state index is 0.336. The topological polar surface area (TPSA) is 66.5 Å². The van der Waals surface area contributed by atoms with E-state index in [2.05, 4.69) is 5.43 Å². The maximum Gasteiger partial charge on any atom is 0.272 e. The van der Waals surface area contributed by atoms with Crippen molar-refractivity contribution < 1.29 is 14.4 Å². The van der Waals surface area contributed by atoms with Crippen LogP contribution in [0.4, 0.5) is 0 Å². The molecule has 0 atom stereocenters. The fraction of sp³-hybridized carbons (Fsp3) is 0.211. The molecular formula is C19H20N2O3. The third kappa shape index (κ3) is 4.07. The second-order valence-corrected chi connectivity index (χ2v) is 6.36. The summed E-state index contributed by atoms with van der Waals surface area (Å²) in [6.45, 7) is 5.46. The molecular weight excluding hydrogens is 304 g/mol. The average molecular weight is 324 g/mol. The first kappa shape index (κ1) is 17.4. The van der Waals surface area contributed by atoms with Gasteiger partial charge in [-0.2, -0.15) is 0 Å². The van der Waals surface area contributed by atoms with Gasteiger partial charge >= 0.3 is 0 Å². The molecule has 0 spiro atoms. The molecule has 0 aliphatic carbocycles. The summed E-state index contributed by atoms with van der Waals surface area (Å²) in [6.07, 6.45) is 0.681. The van der Waals surface area contributed by atoms with Crippen LogP contribution in [0.3, 0.4) is 0 Å². The Kier molecular flexibility index (Phi) is 5.14. The summed E-state index contributed by atoms with van der Waals surface area (Å²) < 4.78 is 0. The van der Waals surface area contributed by atoms with E-state index < -0.39 is 5.54 Å². The molecule has 2 aromatic rings. The number of hydrogen-bond acceptors (Lipinski definition) is 3. The molecule has 0 bridgehead atoms. The van der Waals surface area contributed by atoms with Crippen LogP contribution in [0, 0.1) is 0 Å². The van der Waals surface area contributed by atoms with Gasteiger partial charge in [-0.05, 0) is 45.0 Å². The van der Waals surface area contributed by atoms with Crippen LogP contribution in [0.2, 0.25) is 0 Å². The smallest absolute Gasteiger partial charge is 0.272 e. The molecule has 0 fully saturated rings. The molecule has 0 saturated carbocycles.